The van der Waals surface area contributed by atoms with Crippen LogP contribution in [0.4, 0.5) is 5.69 Å². The number of ether oxygens (including phenoxy) is 1. The van der Waals surface area contributed by atoms with Crippen molar-refractivity contribution >= 4 is 41.1 Å². The van der Waals surface area contributed by atoms with Crippen LogP contribution in [0.3, 0.4) is 0 Å². The second-order valence-corrected chi connectivity index (χ2v) is 12.7. The molecule has 1 unspecified atom stereocenters. The number of hydroxylamine groups is 1. The Morgan fingerprint density at radius 2 is 1.53 bits per heavy atom. The van der Waals surface area contributed by atoms with Gasteiger partial charge in [0, 0.05) is 70.6 Å². The molecule has 1 fully saturated rings. The maximum Gasteiger partial charge on any atom is 0.256 e. The summed E-state index contributed by atoms with van der Waals surface area (Å²) in [6.07, 6.45) is 4.12. The molecule has 0 saturated carbocycles. The molecule has 5 N–H and O–H groups in total. The fourth-order valence-electron chi connectivity index (χ4n) is 5.62. The SMILES string of the molecule is COC(C(=O)N1CCN(C)CC1)c1ccc(NC(=O)[C@H](CCCNO)NC(=O)[C@@H](NC(=O)CCCCCN2C(=O)C=CC2=O)C(C)C)cc1. The highest BCUT2D eigenvalue weighted by molar-refractivity contribution is 6.12. The van der Waals surface area contributed by atoms with E-state index in [1.54, 1.807) is 43.0 Å². The summed E-state index contributed by atoms with van der Waals surface area (Å²) in [6, 6.07) is 4.91. The quantitative estimate of drug-likeness (QED) is 0.0797. The highest BCUT2D eigenvalue weighted by Gasteiger charge is 2.30. The number of carbonyl (C=O) groups is 6. The summed E-state index contributed by atoms with van der Waals surface area (Å²) in [6.45, 7) is 6.88. The van der Waals surface area contributed by atoms with E-state index in [-0.39, 0.29) is 55.5 Å². The second kappa shape index (κ2) is 19.7. The van der Waals surface area contributed by atoms with Crippen LogP contribution >= 0.6 is 0 Å². The minimum atomic E-state index is -0.963. The number of hydrogen-bond acceptors (Lipinski definition) is 10. The van der Waals surface area contributed by atoms with Crippen LogP contribution < -0.4 is 21.4 Å². The Morgan fingerprint density at radius 1 is 0.878 bits per heavy atom. The van der Waals surface area contributed by atoms with E-state index in [2.05, 4.69) is 26.3 Å². The smallest absolute Gasteiger partial charge is 0.256 e. The Morgan fingerprint density at radius 3 is 2.12 bits per heavy atom. The standard InChI is InChI=1S/C34H51N7O8/c1-23(2)30(38-27(42)10-6-5-7-18-41-28(43)15-16-29(41)44)33(46)37-26(9-8-17-35-48)32(45)36-25-13-11-24(12-14-25)31(49-4)34(47)40-21-19-39(3)20-22-40/h11-16,23,26,30-31,35,48H,5-10,17-22H2,1-4H3,(H,36,45)(H,37,46)(H,38,42)/t26-,30-,31?/m0/s1. The fraction of sp³-hybridized carbons (Fsp3) is 0.588. The molecule has 0 spiro atoms. The van der Waals surface area contributed by atoms with Gasteiger partial charge in [-0.05, 0) is 56.3 Å². The van der Waals surface area contributed by atoms with Crippen molar-refractivity contribution in [2.24, 2.45) is 5.92 Å². The first kappa shape index (κ1) is 39.3. The Kier molecular flexibility index (Phi) is 15.8. The minimum absolute atomic E-state index is 0.120. The molecule has 1 saturated heterocycles. The third-order valence-electron chi connectivity index (χ3n) is 8.62. The van der Waals surface area contributed by atoms with Crippen molar-refractivity contribution in [2.45, 2.75) is 70.6 Å². The second-order valence-electron chi connectivity index (χ2n) is 12.7. The van der Waals surface area contributed by atoms with Gasteiger partial charge < -0.3 is 35.7 Å². The van der Waals surface area contributed by atoms with E-state index >= 15 is 0 Å². The number of imide groups is 1. The van der Waals surface area contributed by atoms with Gasteiger partial charge in [0.05, 0.1) is 0 Å². The molecule has 3 rings (SSSR count). The molecule has 3 atom stereocenters. The van der Waals surface area contributed by atoms with Crippen LogP contribution in [-0.2, 0) is 33.5 Å². The summed E-state index contributed by atoms with van der Waals surface area (Å²) in [5, 5.41) is 17.4. The number of piperazine rings is 1. The molecular formula is C34H51N7O8. The van der Waals surface area contributed by atoms with Crippen molar-refractivity contribution in [3.05, 3.63) is 42.0 Å². The Balaban J connectivity index is 1.55. The van der Waals surface area contributed by atoms with Crippen LogP contribution in [-0.4, -0.2) is 121 Å². The van der Waals surface area contributed by atoms with Crippen LogP contribution in [0.15, 0.2) is 36.4 Å². The van der Waals surface area contributed by atoms with E-state index in [1.165, 1.54) is 19.3 Å². The lowest BCUT2D eigenvalue weighted by Crippen LogP contribution is -2.54. The summed E-state index contributed by atoms with van der Waals surface area (Å²) in [7, 11) is 3.50. The van der Waals surface area contributed by atoms with Gasteiger partial charge in [-0.2, -0.15) is 0 Å². The van der Waals surface area contributed by atoms with E-state index < -0.39 is 30.0 Å². The topological polar surface area (TPSA) is 190 Å². The number of benzene rings is 1. The maximum absolute atomic E-state index is 13.4. The first-order valence-electron chi connectivity index (χ1n) is 16.9. The molecule has 6 amide bonds. The van der Waals surface area contributed by atoms with Crippen LogP contribution in [0.1, 0.15) is 64.0 Å². The number of amides is 6. The molecule has 1 aromatic rings. The van der Waals surface area contributed by atoms with E-state index in [4.69, 9.17) is 9.94 Å². The molecule has 2 aliphatic rings. The molecule has 270 valence electrons. The van der Waals surface area contributed by atoms with Gasteiger partial charge in [0.1, 0.15) is 12.1 Å². The number of likely N-dealkylation sites (N-methyl/N-ethyl adjacent to an activating group) is 1. The van der Waals surface area contributed by atoms with Crippen molar-refractivity contribution in [3.63, 3.8) is 0 Å². The monoisotopic (exact) mass is 685 g/mol. The first-order valence-corrected chi connectivity index (χ1v) is 16.9. The Labute approximate surface area is 287 Å². The number of anilines is 1. The third-order valence-corrected chi connectivity index (χ3v) is 8.62. The lowest BCUT2D eigenvalue weighted by molar-refractivity contribution is -0.144. The molecular weight excluding hydrogens is 634 g/mol. The Hall–Kier alpha value is -4.18. The molecule has 49 heavy (non-hydrogen) atoms. The molecule has 15 heteroatoms. The van der Waals surface area contributed by atoms with E-state index in [0.29, 0.717) is 50.0 Å². The van der Waals surface area contributed by atoms with Crippen LogP contribution in [0, 0.1) is 5.92 Å². The van der Waals surface area contributed by atoms with Crippen LogP contribution in [0.2, 0.25) is 0 Å². The third kappa shape index (κ3) is 12.0. The van der Waals surface area contributed by atoms with Gasteiger partial charge in [0.25, 0.3) is 17.7 Å². The number of methoxy groups -OCH3 is 1. The average molecular weight is 686 g/mol. The number of rotatable bonds is 19. The number of carbonyl (C=O) groups excluding carboxylic acids is 6. The van der Waals surface area contributed by atoms with Crippen molar-refractivity contribution in [3.8, 4) is 0 Å². The zero-order valence-electron chi connectivity index (χ0n) is 28.9. The molecule has 0 aromatic heterocycles. The van der Waals surface area contributed by atoms with Gasteiger partial charge in [0.15, 0.2) is 6.10 Å². The van der Waals surface area contributed by atoms with Crippen molar-refractivity contribution in [1.82, 2.24) is 30.8 Å². The highest BCUT2D eigenvalue weighted by atomic mass is 16.5. The largest absolute Gasteiger partial charge is 0.367 e. The molecule has 0 bridgehead atoms. The molecule has 1 aromatic carbocycles. The molecule has 15 nitrogen and oxygen atoms in total. The first-order chi connectivity index (χ1) is 23.4. The zero-order chi connectivity index (χ0) is 35.9. The number of nitrogens with one attached hydrogen (secondary N) is 4. The molecule has 0 radical (unpaired) electrons. The van der Waals surface area contributed by atoms with Gasteiger partial charge in [-0.25, -0.2) is 5.48 Å². The lowest BCUT2D eigenvalue weighted by atomic mass is 10.0. The zero-order valence-corrected chi connectivity index (χ0v) is 28.9. The molecule has 2 heterocycles. The maximum atomic E-state index is 13.4. The summed E-state index contributed by atoms with van der Waals surface area (Å²) < 4.78 is 5.54. The summed E-state index contributed by atoms with van der Waals surface area (Å²) in [5.41, 5.74) is 3.16. The van der Waals surface area contributed by atoms with Crippen molar-refractivity contribution in [2.75, 3.05) is 58.7 Å². The lowest BCUT2D eigenvalue weighted by Gasteiger charge is -2.34. The predicted octanol–water partition coefficient (Wildman–Crippen LogP) is 0.957. The molecule has 0 aliphatic carbocycles. The normalized spacial score (nSPS) is 16.9. The van der Waals surface area contributed by atoms with Crippen molar-refractivity contribution < 1.29 is 38.7 Å². The number of nitrogens with zero attached hydrogens (tertiary/aromatic N) is 3. The van der Waals surface area contributed by atoms with Gasteiger partial charge in [-0.3, -0.25) is 33.7 Å². The fourth-order valence-corrected chi connectivity index (χ4v) is 5.62. The van der Waals surface area contributed by atoms with Gasteiger partial charge in [0.2, 0.25) is 17.7 Å². The summed E-state index contributed by atoms with van der Waals surface area (Å²) >= 11 is 0. The van der Waals surface area contributed by atoms with Crippen LogP contribution in [0.25, 0.3) is 0 Å². The summed E-state index contributed by atoms with van der Waals surface area (Å²) in [5.74, 6) is -2.39. The number of unbranched alkanes of at least 4 members (excludes halogenated alkanes) is 2. The van der Waals surface area contributed by atoms with E-state index in [9.17, 15) is 28.8 Å². The van der Waals surface area contributed by atoms with Gasteiger partial charge in [-0.15, -0.1) is 0 Å². The molecule has 2 aliphatic heterocycles. The van der Waals surface area contributed by atoms with Gasteiger partial charge in [-0.1, -0.05) is 32.4 Å². The van der Waals surface area contributed by atoms with Crippen molar-refractivity contribution in [1.29, 1.82) is 0 Å². The summed E-state index contributed by atoms with van der Waals surface area (Å²) in [4.78, 5) is 81.0. The Bertz CT molecular complexity index is 1310. The minimum Gasteiger partial charge on any atom is -0.367 e. The predicted molar refractivity (Wildman–Crippen MR) is 181 cm³/mol. The number of hydrogen-bond donors (Lipinski definition) is 5. The van der Waals surface area contributed by atoms with Crippen LogP contribution in [0.5, 0.6) is 0 Å². The van der Waals surface area contributed by atoms with E-state index in [1.807, 2.05) is 7.05 Å². The van der Waals surface area contributed by atoms with E-state index in [0.717, 1.165) is 18.0 Å². The highest BCUT2D eigenvalue weighted by Crippen LogP contribution is 2.23. The average Bonchev–Trinajstić information content (AvgIpc) is 3.40. The van der Waals surface area contributed by atoms with Gasteiger partial charge >= 0.3 is 0 Å².